The van der Waals surface area contributed by atoms with Gasteiger partial charge in [0, 0.05) is 0 Å². The van der Waals surface area contributed by atoms with Crippen LogP contribution in [0.15, 0.2) is 18.7 Å². The Bertz CT molecular complexity index is 419. The summed E-state index contributed by atoms with van der Waals surface area (Å²) in [7, 11) is 1.98. The molecule has 1 heterocycles. The molecule has 1 aromatic rings. The van der Waals surface area contributed by atoms with E-state index in [1.165, 1.54) is 0 Å². The Morgan fingerprint density at radius 3 is 2.21 bits per heavy atom. The molecule has 0 saturated carbocycles. The highest BCUT2D eigenvalue weighted by molar-refractivity contribution is 5.80. The van der Waals surface area contributed by atoms with Crippen LogP contribution in [0.4, 0.5) is 0 Å². The van der Waals surface area contributed by atoms with Gasteiger partial charge in [-0.25, -0.2) is 9.13 Å². The maximum Gasteiger partial charge on any atom is 0.321 e. The van der Waals surface area contributed by atoms with E-state index in [9.17, 15) is 9.59 Å². The van der Waals surface area contributed by atoms with Crippen molar-refractivity contribution in [1.29, 1.82) is 0 Å². The Morgan fingerprint density at radius 1 is 1.37 bits per heavy atom. The summed E-state index contributed by atoms with van der Waals surface area (Å²) in [4.78, 5) is 19.6. The normalized spacial score (nSPS) is 13.1. The number of imidazole rings is 1. The zero-order valence-corrected chi connectivity index (χ0v) is 11.1. The average molecular weight is 273 g/mol. The number of carbonyl (C=O) groups is 2. The van der Waals surface area contributed by atoms with Crippen molar-refractivity contribution in [1.82, 2.24) is 4.57 Å². The van der Waals surface area contributed by atoms with Gasteiger partial charge in [0.25, 0.3) is 0 Å². The van der Waals surface area contributed by atoms with Crippen LogP contribution in [-0.2, 0) is 16.6 Å². The number of aromatic nitrogens is 2. The lowest BCUT2D eigenvalue weighted by atomic mass is 10.2. The second-order valence-corrected chi connectivity index (χ2v) is 4.04. The molecule has 6 N–H and O–H groups in total. The molecule has 0 aliphatic heterocycles. The average Bonchev–Trinajstić information content (AvgIpc) is 2.74. The van der Waals surface area contributed by atoms with Crippen LogP contribution in [-0.4, -0.2) is 32.8 Å². The predicted octanol–water partition coefficient (Wildman–Crippen LogP) is -0.947. The minimum absolute atomic E-state index is 0.126. The molecular formula is C11H21N4O4+. The molecule has 0 aliphatic carbocycles. The lowest BCUT2D eigenvalue weighted by molar-refractivity contribution is -0.722. The van der Waals surface area contributed by atoms with Crippen molar-refractivity contribution >= 4 is 11.9 Å². The van der Waals surface area contributed by atoms with Gasteiger partial charge in [0.2, 0.25) is 6.33 Å². The molecule has 0 spiro atoms. The van der Waals surface area contributed by atoms with Crippen LogP contribution in [0.5, 0.6) is 0 Å². The molecule has 1 rings (SSSR count). The van der Waals surface area contributed by atoms with Crippen molar-refractivity contribution in [2.75, 3.05) is 0 Å². The quantitative estimate of drug-likeness (QED) is 0.511. The summed E-state index contributed by atoms with van der Waals surface area (Å²) in [5, 5.41) is 16.0. The number of aryl methyl sites for hydroxylation is 1. The number of hydrogen-bond acceptors (Lipinski definition) is 4. The Hall–Kier alpha value is -1.93. The lowest BCUT2D eigenvalue weighted by Gasteiger charge is -2.01. The van der Waals surface area contributed by atoms with Crippen LogP contribution in [0, 0.1) is 0 Å². The van der Waals surface area contributed by atoms with E-state index in [1.807, 2.05) is 34.9 Å². The van der Waals surface area contributed by atoms with Crippen LogP contribution in [0.2, 0.25) is 0 Å². The third kappa shape index (κ3) is 7.17. The van der Waals surface area contributed by atoms with Gasteiger partial charge in [0.15, 0.2) is 0 Å². The van der Waals surface area contributed by atoms with Gasteiger partial charge in [-0.05, 0) is 6.42 Å². The smallest absolute Gasteiger partial charge is 0.321 e. The molecule has 0 aliphatic rings. The van der Waals surface area contributed by atoms with E-state index < -0.39 is 24.4 Å². The monoisotopic (exact) mass is 273 g/mol. The highest BCUT2D eigenvalue weighted by Gasteiger charge is 2.14. The minimum atomic E-state index is -1.29. The molecule has 0 saturated heterocycles. The first-order valence-electron chi connectivity index (χ1n) is 5.76. The third-order valence-corrected chi connectivity index (χ3v) is 2.30. The highest BCUT2D eigenvalue weighted by Crippen LogP contribution is 1.90. The summed E-state index contributed by atoms with van der Waals surface area (Å²) in [6, 6.07) is -1.29. The van der Waals surface area contributed by atoms with Gasteiger partial charge in [-0.3, -0.25) is 15.3 Å². The predicted molar refractivity (Wildman–Crippen MR) is 67.0 cm³/mol. The fourth-order valence-corrected chi connectivity index (χ4v) is 1.15. The Kier molecular flexibility index (Phi) is 7.39. The molecule has 2 atom stereocenters. The SMILES string of the molecule is CCC(N)[n+]1ccn(C)c1.NC(CC(=O)O)C(=O)O. The molecule has 0 amide bonds. The second-order valence-electron chi connectivity index (χ2n) is 4.04. The van der Waals surface area contributed by atoms with E-state index in [0.29, 0.717) is 0 Å². The maximum absolute atomic E-state index is 9.85. The van der Waals surface area contributed by atoms with Crippen molar-refractivity contribution in [2.45, 2.75) is 32.0 Å². The van der Waals surface area contributed by atoms with Crippen LogP contribution >= 0.6 is 0 Å². The van der Waals surface area contributed by atoms with Crippen molar-refractivity contribution in [3.05, 3.63) is 18.7 Å². The van der Waals surface area contributed by atoms with Crippen molar-refractivity contribution in [3.8, 4) is 0 Å². The summed E-state index contributed by atoms with van der Waals surface area (Å²) in [6.07, 6.45) is 6.50. The molecule has 8 nitrogen and oxygen atoms in total. The molecule has 108 valence electrons. The summed E-state index contributed by atoms with van der Waals surface area (Å²) < 4.78 is 3.98. The van der Waals surface area contributed by atoms with E-state index in [4.69, 9.17) is 21.7 Å². The topological polar surface area (TPSA) is 135 Å². The Morgan fingerprint density at radius 2 is 1.95 bits per heavy atom. The van der Waals surface area contributed by atoms with E-state index in [0.717, 1.165) is 6.42 Å². The van der Waals surface area contributed by atoms with Crippen LogP contribution in [0.25, 0.3) is 0 Å². The number of carboxylic acid groups (broad SMARTS) is 2. The largest absolute Gasteiger partial charge is 0.481 e. The summed E-state index contributed by atoms with van der Waals surface area (Å²) in [5.41, 5.74) is 10.6. The van der Waals surface area contributed by atoms with Crippen molar-refractivity contribution in [2.24, 2.45) is 18.5 Å². The first-order chi connectivity index (χ1) is 8.77. The van der Waals surface area contributed by atoms with Crippen LogP contribution in [0.3, 0.4) is 0 Å². The number of rotatable bonds is 5. The fourth-order valence-electron chi connectivity index (χ4n) is 1.15. The van der Waals surface area contributed by atoms with Gasteiger partial charge in [0.05, 0.1) is 13.5 Å². The van der Waals surface area contributed by atoms with Gasteiger partial charge in [-0.15, -0.1) is 0 Å². The Balaban J connectivity index is 0.000000344. The van der Waals surface area contributed by atoms with E-state index in [2.05, 4.69) is 6.92 Å². The van der Waals surface area contributed by atoms with Gasteiger partial charge in [-0.1, -0.05) is 6.92 Å². The number of carboxylic acids is 2. The molecule has 0 aromatic carbocycles. The third-order valence-electron chi connectivity index (χ3n) is 2.30. The zero-order valence-electron chi connectivity index (χ0n) is 11.1. The van der Waals surface area contributed by atoms with E-state index in [1.54, 1.807) is 0 Å². The molecular weight excluding hydrogens is 252 g/mol. The molecule has 0 radical (unpaired) electrons. The van der Waals surface area contributed by atoms with Crippen LogP contribution in [0.1, 0.15) is 25.9 Å². The van der Waals surface area contributed by atoms with E-state index in [-0.39, 0.29) is 6.17 Å². The van der Waals surface area contributed by atoms with Gasteiger partial charge in [0.1, 0.15) is 24.6 Å². The molecule has 0 fully saturated rings. The number of hydrogen-bond donors (Lipinski definition) is 4. The first-order valence-corrected chi connectivity index (χ1v) is 5.76. The van der Waals surface area contributed by atoms with Gasteiger partial charge < -0.3 is 15.9 Å². The standard InChI is InChI=1S/C7H14N3.C4H7NO4/c1-3-7(8)10-5-4-9(2)6-10;5-2(4(8)9)1-3(6)7/h4-7H,3,8H2,1-2H3;2H,1,5H2,(H,6,7)(H,8,9)/q+1;. The van der Waals surface area contributed by atoms with Crippen LogP contribution < -0.4 is 16.0 Å². The highest BCUT2D eigenvalue weighted by atomic mass is 16.4. The van der Waals surface area contributed by atoms with Crippen molar-refractivity contribution in [3.63, 3.8) is 0 Å². The number of nitrogens with two attached hydrogens (primary N) is 2. The summed E-state index contributed by atoms with van der Waals surface area (Å²) in [6.45, 7) is 2.07. The van der Waals surface area contributed by atoms with Crippen molar-refractivity contribution < 1.29 is 24.4 Å². The molecule has 8 heteroatoms. The molecule has 1 aromatic heterocycles. The van der Waals surface area contributed by atoms with E-state index >= 15 is 0 Å². The maximum atomic E-state index is 9.85. The molecule has 2 unspecified atom stereocenters. The molecule has 19 heavy (non-hydrogen) atoms. The second kappa shape index (κ2) is 8.22. The Labute approximate surface area is 111 Å². The van der Waals surface area contributed by atoms with Gasteiger partial charge >= 0.3 is 11.9 Å². The number of aliphatic carboxylic acids is 2. The minimum Gasteiger partial charge on any atom is -0.481 e. The lowest BCUT2D eigenvalue weighted by Crippen LogP contribution is -2.42. The fraction of sp³-hybridized carbons (Fsp3) is 0.545. The summed E-state index contributed by atoms with van der Waals surface area (Å²) in [5.74, 6) is -2.50. The number of nitrogens with zero attached hydrogens (tertiary/aromatic N) is 2. The first kappa shape index (κ1) is 17.1. The summed E-state index contributed by atoms with van der Waals surface area (Å²) >= 11 is 0. The molecule has 0 bridgehead atoms. The van der Waals surface area contributed by atoms with Gasteiger partial charge in [-0.2, -0.15) is 0 Å². The zero-order chi connectivity index (χ0) is 15.0.